The van der Waals surface area contributed by atoms with E-state index in [0.717, 1.165) is 0 Å². The molecule has 1 heterocycles. The average Bonchev–Trinajstić information content (AvgIpc) is 2.90. The van der Waals surface area contributed by atoms with Gasteiger partial charge in [-0.05, 0) is 25.1 Å². The predicted octanol–water partition coefficient (Wildman–Crippen LogP) is 0.0360. The summed E-state index contributed by atoms with van der Waals surface area (Å²) in [7, 11) is 0. The molecular weight excluding hydrogens is 280 g/mol. The Morgan fingerprint density at radius 2 is 1.95 bits per heavy atom. The van der Waals surface area contributed by atoms with Crippen molar-refractivity contribution >= 4 is 11.8 Å². The van der Waals surface area contributed by atoms with Gasteiger partial charge in [0.1, 0.15) is 6.04 Å². The van der Waals surface area contributed by atoms with Gasteiger partial charge in [0.05, 0.1) is 6.10 Å². The molecular formula is C13H18N2O6. The highest BCUT2D eigenvalue weighted by atomic mass is 16.7. The van der Waals surface area contributed by atoms with Crippen LogP contribution in [-0.2, 0) is 4.79 Å². The number of fused-ring (bicyclic) bond motifs is 1. The highest BCUT2D eigenvalue weighted by Crippen LogP contribution is 2.32. The van der Waals surface area contributed by atoms with Crippen molar-refractivity contribution < 1.29 is 29.4 Å². The molecule has 0 saturated heterocycles. The maximum absolute atomic E-state index is 12.0. The molecule has 0 aliphatic carbocycles. The molecule has 21 heavy (non-hydrogen) atoms. The average molecular weight is 298 g/mol. The van der Waals surface area contributed by atoms with Crippen LogP contribution in [0.4, 0.5) is 0 Å². The molecule has 0 bridgehead atoms. The Hall–Kier alpha value is -2.32. The van der Waals surface area contributed by atoms with E-state index >= 15 is 0 Å². The number of aliphatic hydroxyl groups is 1. The fraction of sp³-hybridized carbons (Fsp3) is 0.385. The van der Waals surface area contributed by atoms with E-state index in [2.05, 4.69) is 5.32 Å². The van der Waals surface area contributed by atoms with Crippen LogP contribution in [0, 0.1) is 0 Å². The maximum Gasteiger partial charge on any atom is 0.268 e. The molecule has 2 atom stereocenters. The number of rotatable bonds is 4. The van der Waals surface area contributed by atoms with Crippen molar-refractivity contribution in [3.63, 3.8) is 0 Å². The smallest absolute Gasteiger partial charge is 0.268 e. The Labute approximate surface area is 121 Å². The number of ether oxygens (including phenoxy) is 2. The molecule has 0 saturated carbocycles. The number of hydroxylamine groups is 1. The summed E-state index contributed by atoms with van der Waals surface area (Å²) in [6, 6.07) is 3.27. The van der Waals surface area contributed by atoms with Crippen molar-refractivity contribution in [1.82, 2.24) is 10.8 Å². The van der Waals surface area contributed by atoms with Gasteiger partial charge in [0.15, 0.2) is 11.5 Å². The topological polar surface area (TPSA) is 117 Å². The lowest BCUT2D eigenvalue weighted by Gasteiger charge is -2.19. The first-order valence-electron chi connectivity index (χ1n) is 5.85. The second-order valence-electron chi connectivity index (χ2n) is 4.24. The van der Waals surface area contributed by atoms with Crippen molar-refractivity contribution in [2.75, 3.05) is 6.79 Å². The molecule has 2 rings (SSSR count). The third-order valence-corrected chi connectivity index (χ3v) is 2.80. The van der Waals surface area contributed by atoms with Crippen LogP contribution in [0.1, 0.15) is 24.7 Å². The van der Waals surface area contributed by atoms with E-state index in [1.165, 1.54) is 24.5 Å². The van der Waals surface area contributed by atoms with E-state index in [1.807, 2.05) is 0 Å². The van der Waals surface area contributed by atoms with E-state index in [9.17, 15) is 14.7 Å². The molecule has 1 aromatic rings. The number of amides is 2. The van der Waals surface area contributed by atoms with Gasteiger partial charge >= 0.3 is 0 Å². The van der Waals surface area contributed by atoms with E-state index in [-0.39, 0.29) is 19.8 Å². The van der Waals surface area contributed by atoms with Crippen LogP contribution >= 0.6 is 0 Å². The molecule has 1 aromatic carbocycles. The molecule has 1 aliphatic rings. The summed E-state index contributed by atoms with van der Waals surface area (Å²) in [6.07, 6.45) is -1.17. The Kier molecular flexibility index (Phi) is 5.51. The molecule has 8 heteroatoms. The highest BCUT2D eigenvalue weighted by Gasteiger charge is 2.26. The zero-order valence-electron chi connectivity index (χ0n) is 10.6. The first-order chi connectivity index (χ1) is 9.52. The van der Waals surface area contributed by atoms with Gasteiger partial charge in [0, 0.05) is 5.56 Å². The van der Waals surface area contributed by atoms with Crippen LogP contribution in [0.15, 0.2) is 18.2 Å². The van der Waals surface area contributed by atoms with Crippen LogP contribution in [0.3, 0.4) is 0 Å². The molecule has 0 unspecified atom stereocenters. The second kappa shape index (κ2) is 6.91. The normalized spacial score (nSPS) is 14.6. The molecule has 0 aromatic heterocycles. The maximum atomic E-state index is 12.0. The van der Waals surface area contributed by atoms with Crippen LogP contribution in [-0.4, -0.2) is 41.1 Å². The molecule has 2 amide bonds. The first kappa shape index (κ1) is 16.7. The zero-order valence-corrected chi connectivity index (χ0v) is 10.6. The number of carbonyl (C=O) groups excluding carboxylic acids is 2. The van der Waals surface area contributed by atoms with Gasteiger partial charge in [-0.2, -0.15) is 0 Å². The molecule has 0 spiro atoms. The summed E-state index contributed by atoms with van der Waals surface area (Å²) in [5.41, 5.74) is 1.63. The lowest BCUT2D eigenvalue weighted by Crippen LogP contribution is -2.51. The highest BCUT2D eigenvalue weighted by molar-refractivity contribution is 5.98. The molecule has 4 N–H and O–H groups in total. The van der Waals surface area contributed by atoms with Gasteiger partial charge in [-0.1, -0.05) is 7.43 Å². The number of nitrogens with one attached hydrogen (secondary N) is 2. The van der Waals surface area contributed by atoms with Crippen LogP contribution in [0.5, 0.6) is 11.5 Å². The number of hydrogen-bond donors (Lipinski definition) is 4. The second-order valence-corrected chi connectivity index (χ2v) is 4.24. The van der Waals surface area contributed by atoms with E-state index < -0.39 is 24.0 Å². The summed E-state index contributed by atoms with van der Waals surface area (Å²) in [4.78, 5) is 23.3. The van der Waals surface area contributed by atoms with E-state index in [1.54, 1.807) is 6.07 Å². The van der Waals surface area contributed by atoms with Gasteiger partial charge in [-0.15, -0.1) is 0 Å². The molecule has 1 aliphatic heterocycles. The Morgan fingerprint density at radius 1 is 1.29 bits per heavy atom. The Morgan fingerprint density at radius 3 is 2.57 bits per heavy atom. The number of hydrogen-bond acceptors (Lipinski definition) is 6. The zero-order chi connectivity index (χ0) is 14.7. The number of carbonyl (C=O) groups is 2. The minimum absolute atomic E-state index is 0. The Balaban J connectivity index is 0.00000220. The number of benzene rings is 1. The largest absolute Gasteiger partial charge is 0.454 e. The van der Waals surface area contributed by atoms with Crippen molar-refractivity contribution in [1.29, 1.82) is 0 Å². The first-order valence-corrected chi connectivity index (χ1v) is 5.85. The van der Waals surface area contributed by atoms with Crippen molar-refractivity contribution in [3.05, 3.63) is 23.8 Å². The standard InChI is InChI=1S/C12H14N2O6.CH4/c1-6(15)10(12(17)14-18)13-11(16)7-2-3-8-9(4-7)20-5-19-8;/h2-4,6,10,15,18H,5H2,1H3,(H,13,16)(H,14,17);1H4/t6-,10+;/m1./s1. The summed E-state index contributed by atoms with van der Waals surface area (Å²) < 4.78 is 10.3. The van der Waals surface area contributed by atoms with Crippen LogP contribution < -0.4 is 20.3 Å². The lowest BCUT2D eigenvalue weighted by molar-refractivity contribution is -0.133. The van der Waals surface area contributed by atoms with Gasteiger partial charge in [0.25, 0.3) is 11.8 Å². The lowest BCUT2D eigenvalue weighted by atomic mass is 10.1. The van der Waals surface area contributed by atoms with Crippen LogP contribution in [0.2, 0.25) is 0 Å². The third kappa shape index (κ3) is 3.61. The van der Waals surface area contributed by atoms with Gasteiger partial charge in [-0.3, -0.25) is 14.8 Å². The molecule has 116 valence electrons. The summed E-state index contributed by atoms with van der Waals surface area (Å²) in [6.45, 7) is 1.41. The molecule has 0 radical (unpaired) electrons. The molecule has 8 nitrogen and oxygen atoms in total. The minimum Gasteiger partial charge on any atom is -0.454 e. The summed E-state index contributed by atoms with van der Waals surface area (Å²) in [5, 5.41) is 20.3. The van der Waals surface area contributed by atoms with Gasteiger partial charge in [-0.25, -0.2) is 5.48 Å². The third-order valence-electron chi connectivity index (χ3n) is 2.80. The fourth-order valence-corrected chi connectivity index (χ4v) is 1.74. The van der Waals surface area contributed by atoms with Crippen molar-refractivity contribution in [2.45, 2.75) is 26.5 Å². The monoisotopic (exact) mass is 298 g/mol. The van der Waals surface area contributed by atoms with Crippen LogP contribution in [0.25, 0.3) is 0 Å². The molecule has 0 fully saturated rings. The number of aliphatic hydroxyl groups excluding tert-OH is 1. The van der Waals surface area contributed by atoms with Crippen molar-refractivity contribution in [2.24, 2.45) is 0 Å². The summed E-state index contributed by atoms with van der Waals surface area (Å²) >= 11 is 0. The summed E-state index contributed by atoms with van der Waals surface area (Å²) in [5.74, 6) is -0.536. The van der Waals surface area contributed by atoms with Crippen molar-refractivity contribution in [3.8, 4) is 11.5 Å². The minimum atomic E-state index is -1.27. The fourth-order valence-electron chi connectivity index (χ4n) is 1.74. The quantitative estimate of drug-likeness (QED) is 0.460. The SMILES string of the molecule is C.C[C@@H](O)[C@H](NC(=O)c1ccc2c(c1)OCO2)C(=O)NO. The van der Waals surface area contributed by atoms with E-state index in [0.29, 0.717) is 11.5 Å². The predicted molar refractivity (Wildman–Crippen MR) is 72.2 cm³/mol. The Bertz CT molecular complexity index is 531. The van der Waals surface area contributed by atoms with E-state index in [4.69, 9.17) is 14.7 Å². The van der Waals surface area contributed by atoms with Gasteiger partial charge in [0.2, 0.25) is 6.79 Å². The van der Waals surface area contributed by atoms with Gasteiger partial charge < -0.3 is 19.9 Å².